The van der Waals surface area contributed by atoms with Crippen LogP contribution in [0.1, 0.15) is 6.42 Å². The van der Waals surface area contributed by atoms with E-state index in [4.69, 9.17) is 17.7 Å². The zero-order chi connectivity index (χ0) is 7.56. The molecule has 1 aliphatic heterocycles. The van der Waals surface area contributed by atoms with Crippen molar-refractivity contribution in [3.05, 3.63) is 4.91 Å². The average Bonchev–Trinajstić information content (AvgIpc) is 2.30. The fourth-order valence-electron chi connectivity index (χ4n) is 1.04. The summed E-state index contributed by atoms with van der Waals surface area (Å²) in [6.45, 7) is -0.190. The first-order valence-electron chi connectivity index (χ1n) is 3.12. The van der Waals surface area contributed by atoms with Crippen LogP contribution in [0.15, 0.2) is 5.18 Å². The van der Waals surface area contributed by atoms with Gasteiger partial charge in [-0.2, -0.15) is 4.91 Å². The molecule has 0 unspecified atom stereocenters. The number of ether oxygens (including phenoxy) is 1. The Labute approximate surface area is 59.9 Å². The smallest absolute Gasteiger partial charge is 0.122 e. The summed E-state index contributed by atoms with van der Waals surface area (Å²) >= 11 is 0. The van der Waals surface area contributed by atoms with Crippen molar-refractivity contribution < 1.29 is 9.84 Å². The fraction of sp³-hybridized carbons (Fsp3) is 1.00. The molecule has 54 valence electrons. The summed E-state index contributed by atoms with van der Waals surface area (Å²) in [6, 6.07) is -0.917. The summed E-state index contributed by atoms with van der Waals surface area (Å²) in [6.07, 6.45) is -0.0816. The van der Waals surface area contributed by atoms with Gasteiger partial charge in [-0.15, -0.1) is 0 Å². The molecule has 1 rings (SSSR count). The van der Waals surface area contributed by atoms with Crippen LogP contribution in [0.3, 0.4) is 0 Å². The molecule has 10 heavy (non-hydrogen) atoms. The van der Waals surface area contributed by atoms with Gasteiger partial charge in [-0.25, -0.2) is 0 Å². The average molecular weight is 141 g/mol. The molecule has 0 aromatic heterocycles. The highest BCUT2D eigenvalue weighted by molar-refractivity contribution is 6.11. The molecule has 0 amide bonds. The molecule has 4 nitrogen and oxygen atoms in total. The molecule has 1 heterocycles. The van der Waals surface area contributed by atoms with Crippen LogP contribution in [0, 0.1) is 4.91 Å². The van der Waals surface area contributed by atoms with Crippen LogP contribution >= 0.6 is 0 Å². The van der Waals surface area contributed by atoms with E-state index in [2.05, 4.69) is 5.18 Å². The predicted octanol–water partition coefficient (Wildman–Crippen LogP) is -0.603. The molecular formula is C5H8BNO3. The Morgan fingerprint density at radius 1 is 1.80 bits per heavy atom. The summed E-state index contributed by atoms with van der Waals surface area (Å²) in [4.78, 5) is 10.0. The third kappa shape index (κ3) is 1.35. The zero-order valence-electron chi connectivity index (χ0n) is 5.43. The van der Waals surface area contributed by atoms with E-state index in [1.807, 2.05) is 0 Å². The van der Waals surface area contributed by atoms with Gasteiger partial charge in [0, 0.05) is 6.00 Å². The van der Waals surface area contributed by atoms with E-state index in [1.165, 1.54) is 0 Å². The summed E-state index contributed by atoms with van der Waals surface area (Å²) < 4.78 is 4.95. The molecule has 3 atom stereocenters. The van der Waals surface area contributed by atoms with Crippen molar-refractivity contribution in [3.63, 3.8) is 0 Å². The molecule has 0 aliphatic carbocycles. The Morgan fingerprint density at radius 3 is 2.90 bits per heavy atom. The van der Waals surface area contributed by atoms with E-state index in [1.54, 1.807) is 0 Å². The van der Waals surface area contributed by atoms with Crippen LogP contribution in [-0.2, 0) is 4.74 Å². The molecule has 1 aliphatic rings. The van der Waals surface area contributed by atoms with Gasteiger partial charge >= 0.3 is 0 Å². The number of hydrogen-bond acceptors (Lipinski definition) is 4. The Bertz CT molecular complexity index is 132. The van der Waals surface area contributed by atoms with E-state index in [0.717, 1.165) is 0 Å². The van der Waals surface area contributed by atoms with Crippen LogP contribution in [-0.4, -0.2) is 37.7 Å². The van der Waals surface area contributed by atoms with Crippen molar-refractivity contribution >= 4 is 7.85 Å². The highest BCUT2D eigenvalue weighted by Crippen LogP contribution is 2.20. The van der Waals surface area contributed by atoms with E-state index < -0.39 is 18.1 Å². The topological polar surface area (TPSA) is 58.9 Å². The molecule has 5 heteroatoms. The van der Waals surface area contributed by atoms with Crippen molar-refractivity contribution in [2.24, 2.45) is 5.18 Å². The number of aliphatic hydroxyl groups excluding tert-OH is 1. The normalized spacial score (nSPS) is 39.9. The van der Waals surface area contributed by atoms with Gasteiger partial charge < -0.3 is 9.84 Å². The van der Waals surface area contributed by atoms with Crippen molar-refractivity contribution in [3.8, 4) is 0 Å². The molecule has 0 bridgehead atoms. The van der Waals surface area contributed by atoms with E-state index >= 15 is 0 Å². The zero-order valence-corrected chi connectivity index (χ0v) is 5.43. The first kappa shape index (κ1) is 7.69. The van der Waals surface area contributed by atoms with Crippen LogP contribution in [0.2, 0.25) is 0 Å². The largest absolute Gasteiger partial charge is 0.394 e. The van der Waals surface area contributed by atoms with Gasteiger partial charge in [-0.05, 0) is 6.42 Å². The first-order valence-corrected chi connectivity index (χ1v) is 3.12. The Hall–Kier alpha value is -0.415. The maximum atomic E-state index is 10.0. The maximum Gasteiger partial charge on any atom is 0.122 e. The molecule has 1 fully saturated rings. The molecule has 1 saturated heterocycles. The minimum atomic E-state index is -0.493. The summed E-state index contributed by atoms with van der Waals surface area (Å²) in [5.74, 6) is 0. The molecule has 0 spiro atoms. The molecular weight excluding hydrogens is 133 g/mol. The minimum absolute atomic E-state index is 0.190. The monoisotopic (exact) mass is 141 g/mol. The number of hydrogen-bond donors (Lipinski definition) is 1. The molecule has 0 aromatic carbocycles. The number of nitroso groups, excluding NO2 is 1. The standard InChI is InChI=1S/C5H8BNO3/c6-5-1-3(7-9)4(2-8)10-5/h3-5,8H,1-2H2/t3-,4+,5+/m0/s1. The number of rotatable bonds is 2. The van der Waals surface area contributed by atoms with E-state index in [0.29, 0.717) is 6.42 Å². The lowest BCUT2D eigenvalue weighted by molar-refractivity contribution is 0.0379. The highest BCUT2D eigenvalue weighted by atomic mass is 16.5. The van der Waals surface area contributed by atoms with Crippen LogP contribution < -0.4 is 0 Å². The highest BCUT2D eigenvalue weighted by Gasteiger charge is 2.32. The van der Waals surface area contributed by atoms with E-state index in [9.17, 15) is 4.91 Å². The summed E-state index contributed by atoms with van der Waals surface area (Å²) in [5.41, 5.74) is 0. The van der Waals surface area contributed by atoms with E-state index in [-0.39, 0.29) is 6.61 Å². The SMILES string of the molecule is [B][C@H]1C[C@H](N=O)[C@@H](CO)O1. The number of nitrogens with zero attached hydrogens (tertiary/aromatic N) is 1. The Morgan fingerprint density at radius 2 is 2.50 bits per heavy atom. The molecule has 0 aromatic rings. The first-order chi connectivity index (χ1) is 4.77. The maximum absolute atomic E-state index is 10.0. The molecule has 0 saturated carbocycles. The van der Waals surface area contributed by atoms with Crippen LogP contribution in [0.5, 0.6) is 0 Å². The third-order valence-electron chi connectivity index (χ3n) is 1.57. The second-order valence-corrected chi connectivity index (χ2v) is 2.30. The lowest BCUT2D eigenvalue weighted by Crippen LogP contribution is -2.23. The van der Waals surface area contributed by atoms with Gasteiger partial charge in [0.1, 0.15) is 20.0 Å². The fourth-order valence-corrected chi connectivity index (χ4v) is 1.04. The van der Waals surface area contributed by atoms with Gasteiger partial charge in [0.25, 0.3) is 0 Å². The Kier molecular flexibility index (Phi) is 2.40. The summed E-state index contributed by atoms with van der Waals surface area (Å²) in [7, 11) is 5.33. The van der Waals surface area contributed by atoms with Crippen molar-refractivity contribution in [2.75, 3.05) is 6.61 Å². The number of aliphatic hydroxyl groups is 1. The molecule has 2 radical (unpaired) electrons. The molecule has 1 N–H and O–H groups in total. The quantitative estimate of drug-likeness (QED) is 0.412. The van der Waals surface area contributed by atoms with Gasteiger partial charge in [-0.1, -0.05) is 5.18 Å². The lowest BCUT2D eigenvalue weighted by Gasteiger charge is -2.08. The third-order valence-corrected chi connectivity index (χ3v) is 1.57. The van der Waals surface area contributed by atoms with Gasteiger partial charge in [-0.3, -0.25) is 0 Å². The lowest BCUT2D eigenvalue weighted by atomic mass is 9.95. The predicted molar refractivity (Wildman–Crippen MR) is 35.7 cm³/mol. The van der Waals surface area contributed by atoms with Crippen molar-refractivity contribution in [2.45, 2.75) is 24.6 Å². The summed E-state index contributed by atoms with van der Waals surface area (Å²) in [5, 5.41) is 11.4. The van der Waals surface area contributed by atoms with Crippen molar-refractivity contribution in [1.29, 1.82) is 0 Å². The van der Waals surface area contributed by atoms with Gasteiger partial charge in [0.15, 0.2) is 0 Å². The second-order valence-electron chi connectivity index (χ2n) is 2.30. The Balaban J connectivity index is 2.48. The van der Waals surface area contributed by atoms with Gasteiger partial charge in [0.05, 0.1) is 6.61 Å². The van der Waals surface area contributed by atoms with Gasteiger partial charge in [0.2, 0.25) is 0 Å². The minimum Gasteiger partial charge on any atom is -0.394 e. The van der Waals surface area contributed by atoms with Crippen LogP contribution in [0.4, 0.5) is 0 Å². The van der Waals surface area contributed by atoms with Crippen molar-refractivity contribution in [1.82, 2.24) is 0 Å². The van der Waals surface area contributed by atoms with Crippen LogP contribution in [0.25, 0.3) is 0 Å². The second kappa shape index (κ2) is 3.12.